The van der Waals surface area contributed by atoms with Crippen molar-refractivity contribution in [1.29, 1.82) is 0 Å². The maximum Gasteiger partial charge on any atom is 0.315 e. The summed E-state index contributed by atoms with van der Waals surface area (Å²) in [6, 6.07) is -0.393. The number of carboxylic acid groups (broad SMARTS) is 1. The molecule has 1 aliphatic rings. The Hall–Kier alpha value is -1.52. The topological polar surface area (TPSA) is 78.4 Å². The van der Waals surface area contributed by atoms with Crippen molar-refractivity contribution in [3.63, 3.8) is 0 Å². The van der Waals surface area contributed by atoms with Gasteiger partial charge in [-0.05, 0) is 12.3 Å². The quantitative estimate of drug-likeness (QED) is 0.632. The zero-order valence-electron chi connectivity index (χ0n) is 11.0. The summed E-state index contributed by atoms with van der Waals surface area (Å²) < 4.78 is 0. The summed E-state index contributed by atoms with van der Waals surface area (Å²) in [5.41, 5.74) is 0. The SMILES string of the molecule is CCC(CC)CNC(=O)NC1C=CC(C(=O)O)C1. The van der Waals surface area contributed by atoms with E-state index in [9.17, 15) is 9.59 Å². The molecule has 0 aromatic heterocycles. The first-order valence-corrected chi connectivity index (χ1v) is 6.52. The lowest BCUT2D eigenvalue weighted by molar-refractivity contribution is -0.140. The summed E-state index contributed by atoms with van der Waals surface area (Å²) in [4.78, 5) is 22.4. The molecule has 2 amide bonds. The molecule has 0 bridgehead atoms. The number of aliphatic carboxylic acids is 1. The Labute approximate surface area is 108 Å². The Bertz CT molecular complexity index is 324. The molecule has 102 valence electrons. The minimum absolute atomic E-state index is 0.173. The van der Waals surface area contributed by atoms with Crippen LogP contribution in [0.15, 0.2) is 12.2 Å². The Morgan fingerprint density at radius 1 is 1.33 bits per heavy atom. The third-order valence-electron chi connectivity index (χ3n) is 3.42. The lowest BCUT2D eigenvalue weighted by Crippen LogP contribution is -2.42. The molecule has 0 fully saturated rings. The van der Waals surface area contributed by atoms with Crippen molar-refractivity contribution in [3.8, 4) is 0 Å². The van der Waals surface area contributed by atoms with E-state index in [1.54, 1.807) is 12.2 Å². The predicted octanol–water partition coefficient (Wildman–Crippen LogP) is 1.75. The molecule has 2 atom stereocenters. The number of rotatable bonds is 6. The fraction of sp³-hybridized carbons (Fsp3) is 0.692. The van der Waals surface area contributed by atoms with Gasteiger partial charge in [0.2, 0.25) is 0 Å². The zero-order chi connectivity index (χ0) is 13.5. The van der Waals surface area contributed by atoms with Gasteiger partial charge >= 0.3 is 12.0 Å². The predicted molar refractivity (Wildman–Crippen MR) is 69.3 cm³/mol. The summed E-state index contributed by atoms with van der Waals surface area (Å²) in [6.45, 7) is 4.87. The number of carbonyl (C=O) groups is 2. The van der Waals surface area contributed by atoms with Gasteiger partial charge in [0.05, 0.1) is 12.0 Å². The monoisotopic (exact) mass is 254 g/mol. The number of nitrogens with one attached hydrogen (secondary N) is 2. The summed E-state index contributed by atoms with van der Waals surface area (Å²) >= 11 is 0. The second-order valence-electron chi connectivity index (χ2n) is 4.71. The highest BCUT2D eigenvalue weighted by Gasteiger charge is 2.25. The first-order chi connectivity index (χ1) is 8.56. The fourth-order valence-corrected chi connectivity index (χ4v) is 2.02. The fourth-order valence-electron chi connectivity index (χ4n) is 2.02. The molecule has 0 saturated heterocycles. The van der Waals surface area contributed by atoms with Crippen LogP contribution in [0.4, 0.5) is 4.79 Å². The number of hydrogen-bond acceptors (Lipinski definition) is 2. The minimum atomic E-state index is -0.840. The van der Waals surface area contributed by atoms with Crippen molar-refractivity contribution in [1.82, 2.24) is 10.6 Å². The van der Waals surface area contributed by atoms with Crippen LogP contribution >= 0.6 is 0 Å². The third-order valence-corrected chi connectivity index (χ3v) is 3.42. The Morgan fingerprint density at radius 3 is 2.50 bits per heavy atom. The molecule has 2 unspecified atom stereocenters. The Balaban J connectivity index is 2.26. The second-order valence-corrected chi connectivity index (χ2v) is 4.71. The van der Waals surface area contributed by atoms with E-state index in [0.29, 0.717) is 18.9 Å². The number of urea groups is 1. The number of hydrogen-bond donors (Lipinski definition) is 3. The maximum atomic E-state index is 11.6. The van der Waals surface area contributed by atoms with Gasteiger partial charge in [-0.2, -0.15) is 0 Å². The number of carbonyl (C=O) groups excluding carboxylic acids is 1. The molecule has 18 heavy (non-hydrogen) atoms. The van der Waals surface area contributed by atoms with Gasteiger partial charge < -0.3 is 15.7 Å². The molecule has 0 aromatic carbocycles. The molecule has 5 heteroatoms. The van der Waals surface area contributed by atoms with Crippen LogP contribution in [-0.4, -0.2) is 29.7 Å². The van der Waals surface area contributed by atoms with Gasteiger partial charge in [-0.3, -0.25) is 4.79 Å². The van der Waals surface area contributed by atoms with E-state index in [-0.39, 0.29) is 12.1 Å². The number of carboxylic acids is 1. The van der Waals surface area contributed by atoms with Crippen LogP contribution in [0.2, 0.25) is 0 Å². The van der Waals surface area contributed by atoms with Gasteiger partial charge in [-0.15, -0.1) is 0 Å². The smallest absolute Gasteiger partial charge is 0.315 e. The highest BCUT2D eigenvalue weighted by molar-refractivity contribution is 5.76. The summed E-state index contributed by atoms with van der Waals surface area (Å²) in [6.07, 6.45) is 5.90. The second kappa shape index (κ2) is 7.03. The van der Waals surface area contributed by atoms with Crippen LogP contribution < -0.4 is 10.6 Å². The molecule has 3 N–H and O–H groups in total. The van der Waals surface area contributed by atoms with Crippen LogP contribution in [-0.2, 0) is 4.79 Å². The molecule has 0 spiro atoms. The first-order valence-electron chi connectivity index (χ1n) is 6.52. The van der Waals surface area contributed by atoms with Crippen LogP contribution in [0.25, 0.3) is 0 Å². The Kier molecular flexibility index (Phi) is 5.68. The van der Waals surface area contributed by atoms with Gasteiger partial charge in [0.25, 0.3) is 0 Å². The van der Waals surface area contributed by atoms with E-state index >= 15 is 0 Å². The molecular weight excluding hydrogens is 232 g/mol. The molecule has 0 aromatic rings. The average molecular weight is 254 g/mol. The van der Waals surface area contributed by atoms with Gasteiger partial charge in [-0.25, -0.2) is 4.79 Å². The summed E-state index contributed by atoms with van der Waals surface area (Å²) in [5, 5.41) is 14.4. The molecule has 1 aliphatic carbocycles. The van der Waals surface area contributed by atoms with Gasteiger partial charge in [0.1, 0.15) is 0 Å². The molecule has 0 aliphatic heterocycles. The third kappa shape index (κ3) is 4.39. The summed E-state index contributed by atoms with van der Waals surface area (Å²) in [5.74, 6) is -0.816. The minimum Gasteiger partial charge on any atom is -0.481 e. The molecule has 5 nitrogen and oxygen atoms in total. The Morgan fingerprint density at radius 2 is 2.00 bits per heavy atom. The van der Waals surface area contributed by atoms with E-state index in [4.69, 9.17) is 5.11 Å². The van der Waals surface area contributed by atoms with Crippen molar-refractivity contribution in [3.05, 3.63) is 12.2 Å². The normalized spacial score (nSPS) is 22.2. The zero-order valence-corrected chi connectivity index (χ0v) is 11.0. The van der Waals surface area contributed by atoms with E-state index in [1.807, 2.05) is 0 Å². The van der Waals surface area contributed by atoms with Crippen LogP contribution in [0.5, 0.6) is 0 Å². The van der Waals surface area contributed by atoms with Crippen molar-refractivity contribution < 1.29 is 14.7 Å². The highest BCUT2D eigenvalue weighted by atomic mass is 16.4. The maximum absolute atomic E-state index is 11.6. The lowest BCUT2D eigenvalue weighted by atomic mass is 10.0. The highest BCUT2D eigenvalue weighted by Crippen LogP contribution is 2.17. The molecular formula is C13H22N2O3. The van der Waals surface area contributed by atoms with Crippen LogP contribution in [0.3, 0.4) is 0 Å². The standard InChI is InChI=1S/C13H22N2O3/c1-3-9(4-2)8-14-13(18)15-11-6-5-10(7-11)12(16)17/h5-6,9-11H,3-4,7-8H2,1-2H3,(H,16,17)(H2,14,15,18). The van der Waals surface area contributed by atoms with Crippen molar-refractivity contribution in [2.24, 2.45) is 11.8 Å². The van der Waals surface area contributed by atoms with Gasteiger partial charge in [0, 0.05) is 6.54 Å². The summed E-state index contributed by atoms with van der Waals surface area (Å²) in [7, 11) is 0. The van der Waals surface area contributed by atoms with E-state index in [2.05, 4.69) is 24.5 Å². The molecule has 0 saturated carbocycles. The van der Waals surface area contributed by atoms with E-state index in [1.165, 1.54) is 0 Å². The molecule has 0 heterocycles. The van der Waals surface area contributed by atoms with Crippen molar-refractivity contribution in [2.75, 3.05) is 6.54 Å². The van der Waals surface area contributed by atoms with Gasteiger partial charge in [-0.1, -0.05) is 38.8 Å². The molecule has 0 radical (unpaired) electrons. The van der Waals surface area contributed by atoms with Crippen LogP contribution in [0, 0.1) is 11.8 Å². The number of amides is 2. The van der Waals surface area contributed by atoms with E-state index < -0.39 is 11.9 Å². The van der Waals surface area contributed by atoms with Crippen molar-refractivity contribution >= 4 is 12.0 Å². The largest absolute Gasteiger partial charge is 0.481 e. The van der Waals surface area contributed by atoms with Crippen molar-refractivity contribution in [2.45, 2.75) is 39.2 Å². The average Bonchev–Trinajstić information content (AvgIpc) is 2.79. The lowest BCUT2D eigenvalue weighted by Gasteiger charge is -2.16. The van der Waals surface area contributed by atoms with Crippen LogP contribution in [0.1, 0.15) is 33.1 Å². The molecule has 1 rings (SSSR count). The van der Waals surface area contributed by atoms with E-state index in [0.717, 1.165) is 12.8 Å². The first kappa shape index (κ1) is 14.5. The van der Waals surface area contributed by atoms with Gasteiger partial charge in [0.15, 0.2) is 0 Å².